The fourth-order valence-corrected chi connectivity index (χ4v) is 5.65. The highest BCUT2D eigenvalue weighted by Crippen LogP contribution is 2.30. The van der Waals surface area contributed by atoms with Gasteiger partial charge in [-0.05, 0) is 37.1 Å². The fourth-order valence-electron chi connectivity index (χ4n) is 5.65. The zero-order valence-electron chi connectivity index (χ0n) is 23.4. The Morgan fingerprint density at radius 3 is 2.53 bits per heavy atom. The Kier molecular flexibility index (Phi) is 8.61. The lowest BCUT2D eigenvalue weighted by Crippen LogP contribution is -2.52. The van der Waals surface area contributed by atoms with Gasteiger partial charge in [0.1, 0.15) is 5.75 Å². The van der Waals surface area contributed by atoms with Crippen molar-refractivity contribution in [3.63, 3.8) is 0 Å². The maximum Gasteiger partial charge on any atom is 0.227 e. The van der Waals surface area contributed by atoms with Crippen LogP contribution >= 0.6 is 0 Å². The minimum absolute atomic E-state index is 0.213. The number of piperazine rings is 2. The van der Waals surface area contributed by atoms with Gasteiger partial charge in [0.2, 0.25) is 5.95 Å². The van der Waals surface area contributed by atoms with E-state index < -0.39 is 0 Å². The topological polar surface area (TPSA) is 86.6 Å². The van der Waals surface area contributed by atoms with Crippen molar-refractivity contribution in [2.24, 2.45) is 0 Å². The summed E-state index contributed by atoms with van der Waals surface area (Å²) in [6, 6.07) is 8.63. The van der Waals surface area contributed by atoms with Gasteiger partial charge in [-0.2, -0.15) is 9.97 Å². The molecule has 2 N–H and O–H groups in total. The smallest absolute Gasteiger partial charge is 0.227 e. The molecule has 38 heavy (non-hydrogen) atoms. The maximum absolute atomic E-state index is 5.31. The zero-order chi connectivity index (χ0) is 26.5. The molecule has 10 nitrogen and oxygen atoms in total. The zero-order valence-corrected chi connectivity index (χ0v) is 23.4. The van der Waals surface area contributed by atoms with E-state index in [4.69, 9.17) is 19.7 Å². The number of nitrogens with one attached hydrogen (secondary N) is 2. The van der Waals surface area contributed by atoms with Crippen LogP contribution in [0.25, 0.3) is 11.2 Å². The van der Waals surface area contributed by atoms with Crippen LogP contribution in [0.1, 0.15) is 45.3 Å². The molecule has 0 saturated carbocycles. The first-order valence-electron chi connectivity index (χ1n) is 14.2. The van der Waals surface area contributed by atoms with Crippen molar-refractivity contribution >= 4 is 22.9 Å². The number of nitrogens with zero attached hydrogens (tertiary/aromatic N) is 7. The largest absolute Gasteiger partial charge is 0.497 e. The van der Waals surface area contributed by atoms with Crippen molar-refractivity contribution in [1.29, 1.82) is 0 Å². The number of methoxy groups -OCH3 is 1. The summed E-state index contributed by atoms with van der Waals surface area (Å²) in [5.41, 5.74) is 2.95. The van der Waals surface area contributed by atoms with Gasteiger partial charge in [-0.3, -0.25) is 9.47 Å². The number of hydrogen-bond acceptors (Lipinski definition) is 9. The predicted octanol–water partition coefficient (Wildman–Crippen LogP) is 3.18. The summed E-state index contributed by atoms with van der Waals surface area (Å²) >= 11 is 0. The molecule has 2 unspecified atom stereocenters. The Labute approximate surface area is 226 Å². The van der Waals surface area contributed by atoms with Gasteiger partial charge in [0.25, 0.3) is 0 Å². The molecule has 1 aromatic carbocycles. The Balaban J connectivity index is 1.47. The third-order valence-corrected chi connectivity index (χ3v) is 8.02. The third kappa shape index (κ3) is 5.72. The summed E-state index contributed by atoms with van der Waals surface area (Å²) < 4.78 is 7.59. The number of hydrogen-bond donors (Lipinski definition) is 2. The van der Waals surface area contributed by atoms with E-state index in [9.17, 15) is 0 Å². The number of likely N-dealkylation sites (N-methyl/N-ethyl adjacent to an activating group) is 1. The molecule has 0 amide bonds. The summed E-state index contributed by atoms with van der Waals surface area (Å²) in [7, 11) is 1.69. The van der Waals surface area contributed by atoms with Crippen LogP contribution in [0.15, 0.2) is 30.6 Å². The van der Waals surface area contributed by atoms with Gasteiger partial charge >= 0.3 is 0 Å². The molecule has 2 atom stereocenters. The second-order valence-corrected chi connectivity index (χ2v) is 10.3. The number of aromatic nitrogens is 4. The summed E-state index contributed by atoms with van der Waals surface area (Å²) in [6.07, 6.45) is 4.32. The van der Waals surface area contributed by atoms with Crippen LogP contribution in [-0.2, 0) is 6.54 Å². The van der Waals surface area contributed by atoms with Gasteiger partial charge < -0.3 is 25.2 Å². The molecule has 0 aliphatic carbocycles. The highest BCUT2D eigenvalue weighted by atomic mass is 16.5. The Morgan fingerprint density at radius 2 is 1.84 bits per heavy atom. The molecule has 2 fully saturated rings. The molecule has 2 aromatic heterocycles. The highest BCUT2D eigenvalue weighted by molar-refractivity contribution is 5.85. The number of anilines is 2. The lowest BCUT2D eigenvalue weighted by molar-refractivity contribution is 0.0964. The van der Waals surface area contributed by atoms with Gasteiger partial charge in [-0.15, -0.1) is 0 Å². The normalized spacial score (nSPS) is 20.1. The quantitative estimate of drug-likeness (QED) is 0.418. The van der Waals surface area contributed by atoms with Gasteiger partial charge in [0.15, 0.2) is 17.0 Å². The van der Waals surface area contributed by atoms with E-state index in [0.717, 1.165) is 93.5 Å². The van der Waals surface area contributed by atoms with Gasteiger partial charge in [0, 0.05) is 58.4 Å². The molecule has 4 heterocycles. The summed E-state index contributed by atoms with van der Waals surface area (Å²) in [5, 5.41) is 7.14. The van der Waals surface area contributed by atoms with E-state index in [-0.39, 0.29) is 6.17 Å². The van der Waals surface area contributed by atoms with Gasteiger partial charge in [-0.25, -0.2) is 4.98 Å². The van der Waals surface area contributed by atoms with Crippen LogP contribution in [0.2, 0.25) is 0 Å². The number of ether oxygens (including phenoxy) is 1. The Bertz CT molecular complexity index is 1170. The first-order valence-corrected chi connectivity index (χ1v) is 14.2. The van der Waals surface area contributed by atoms with Crippen LogP contribution < -0.4 is 20.3 Å². The highest BCUT2D eigenvalue weighted by Gasteiger charge is 2.28. The van der Waals surface area contributed by atoms with Crippen molar-refractivity contribution in [1.82, 2.24) is 34.6 Å². The minimum atomic E-state index is 0.213. The third-order valence-electron chi connectivity index (χ3n) is 8.02. The van der Waals surface area contributed by atoms with Gasteiger partial charge in [0.05, 0.1) is 19.6 Å². The van der Waals surface area contributed by atoms with Crippen LogP contribution in [0.3, 0.4) is 0 Å². The van der Waals surface area contributed by atoms with Crippen molar-refractivity contribution in [2.75, 3.05) is 69.7 Å². The minimum Gasteiger partial charge on any atom is -0.497 e. The molecule has 5 rings (SSSR count). The molecule has 2 saturated heterocycles. The number of fused-ring (bicyclic) bond motifs is 1. The van der Waals surface area contributed by atoms with Crippen LogP contribution in [-0.4, -0.2) is 94.8 Å². The molecular weight excluding hydrogens is 478 g/mol. The van der Waals surface area contributed by atoms with Crippen LogP contribution in [0.4, 0.5) is 11.8 Å². The van der Waals surface area contributed by atoms with Gasteiger partial charge in [-0.1, -0.05) is 32.9 Å². The molecular formula is C28H43N9O. The molecule has 0 bridgehead atoms. The van der Waals surface area contributed by atoms with Crippen molar-refractivity contribution in [3.05, 3.63) is 36.2 Å². The number of rotatable bonds is 10. The van der Waals surface area contributed by atoms with Crippen LogP contribution in [0.5, 0.6) is 5.75 Å². The van der Waals surface area contributed by atoms with E-state index in [1.165, 1.54) is 0 Å². The number of benzene rings is 1. The number of imidazole rings is 1. The summed E-state index contributed by atoms with van der Waals surface area (Å²) in [5.74, 6) is 2.43. The van der Waals surface area contributed by atoms with Crippen molar-refractivity contribution in [3.8, 4) is 5.75 Å². The van der Waals surface area contributed by atoms with Crippen molar-refractivity contribution < 1.29 is 4.74 Å². The Hall–Kier alpha value is -2.95. The van der Waals surface area contributed by atoms with Crippen LogP contribution in [0, 0.1) is 0 Å². The SMILES string of the molecule is CCC1CN(C(CC)n2cnc3c(N4CCN(CC)CC4)nc(NCc4ccc(OC)cc4)nc32)CCN1. The average molecular weight is 522 g/mol. The second-order valence-electron chi connectivity index (χ2n) is 10.3. The lowest BCUT2D eigenvalue weighted by atomic mass is 10.1. The van der Waals surface area contributed by atoms with E-state index in [2.05, 4.69) is 62.8 Å². The first-order chi connectivity index (χ1) is 18.6. The summed E-state index contributed by atoms with van der Waals surface area (Å²) in [4.78, 5) is 22.4. The molecule has 0 radical (unpaired) electrons. The second kappa shape index (κ2) is 12.3. The summed E-state index contributed by atoms with van der Waals surface area (Å²) in [6.45, 7) is 15.5. The van der Waals surface area contributed by atoms with Crippen molar-refractivity contribution in [2.45, 2.75) is 52.4 Å². The Morgan fingerprint density at radius 1 is 1.05 bits per heavy atom. The standard InChI is InChI=1S/C28H43N9O/c1-5-22-19-36(13-12-29-22)24(6-2)37-20-31-25-26(35-16-14-34(7-3)15-17-35)32-28(33-27(25)37)30-18-21-8-10-23(38-4)11-9-21/h8-11,20,22,24,29H,5-7,12-19H2,1-4H3,(H,30,32,33). The average Bonchev–Trinajstić information content (AvgIpc) is 3.40. The first kappa shape index (κ1) is 26.6. The van der Waals surface area contributed by atoms with E-state index in [1.54, 1.807) is 7.11 Å². The molecule has 3 aromatic rings. The van der Waals surface area contributed by atoms with E-state index in [0.29, 0.717) is 18.5 Å². The van der Waals surface area contributed by atoms with E-state index in [1.807, 2.05) is 18.5 Å². The van der Waals surface area contributed by atoms with E-state index >= 15 is 0 Å². The maximum atomic E-state index is 5.31. The molecule has 2 aliphatic heterocycles. The molecule has 206 valence electrons. The predicted molar refractivity (Wildman–Crippen MR) is 153 cm³/mol. The fraction of sp³-hybridized carbons (Fsp3) is 0.607. The molecule has 0 spiro atoms. The monoisotopic (exact) mass is 521 g/mol. The molecule has 2 aliphatic rings. The molecule has 10 heteroatoms. The lowest BCUT2D eigenvalue weighted by Gasteiger charge is -2.39.